The van der Waals surface area contributed by atoms with Crippen LogP contribution in [0.5, 0.6) is 0 Å². The minimum absolute atomic E-state index is 0.130. The maximum absolute atomic E-state index is 11.9. The molecule has 0 aliphatic heterocycles. The molecule has 0 aliphatic carbocycles. The van der Waals surface area contributed by atoms with Crippen molar-refractivity contribution in [1.82, 2.24) is 10.3 Å². The number of nitrogens with one attached hydrogen (secondary N) is 1. The van der Waals surface area contributed by atoms with Crippen LogP contribution in [0.3, 0.4) is 0 Å². The fraction of sp³-hybridized carbons (Fsp3) is 0.231. The normalized spacial score (nSPS) is 9.79. The van der Waals surface area contributed by atoms with Crippen molar-refractivity contribution >= 4 is 28.6 Å². The molecule has 0 atom stereocenters. The Hall–Kier alpha value is -1.68. The van der Waals surface area contributed by atoms with Crippen LogP contribution in [0.2, 0.25) is 0 Å². The van der Waals surface area contributed by atoms with Gasteiger partial charge in [-0.25, -0.2) is 4.98 Å². The third kappa shape index (κ3) is 3.89. The van der Waals surface area contributed by atoms with Gasteiger partial charge in [-0.15, -0.1) is 22.7 Å². The molecular formula is C13H12N2O2S2. The first-order valence-corrected chi connectivity index (χ1v) is 7.27. The molecule has 0 radical (unpaired) electrons. The van der Waals surface area contributed by atoms with E-state index in [1.807, 2.05) is 12.3 Å². The van der Waals surface area contributed by atoms with Gasteiger partial charge >= 0.3 is 0 Å². The summed E-state index contributed by atoms with van der Waals surface area (Å²) in [5.41, 5.74) is 0.965. The van der Waals surface area contributed by atoms with Crippen molar-refractivity contribution < 1.29 is 9.90 Å². The summed E-state index contributed by atoms with van der Waals surface area (Å²) in [4.78, 5) is 17.5. The molecule has 2 heterocycles. The van der Waals surface area contributed by atoms with E-state index >= 15 is 0 Å². The summed E-state index contributed by atoms with van der Waals surface area (Å²) >= 11 is 2.84. The van der Waals surface area contributed by atoms with Gasteiger partial charge in [0, 0.05) is 11.1 Å². The highest BCUT2D eigenvalue weighted by atomic mass is 32.1. The number of carbonyl (C=O) groups is 1. The third-order valence-electron chi connectivity index (χ3n) is 2.19. The van der Waals surface area contributed by atoms with E-state index in [9.17, 15) is 4.79 Å². The average molecular weight is 292 g/mol. The van der Waals surface area contributed by atoms with Crippen molar-refractivity contribution in [3.8, 4) is 11.8 Å². The molecule has 6 heteroatoms. The SMILES string of the molecule is Cc1csc(CNC(=O)c2ccc(C#CCO)s2)n1. The van der Waals surface area contributed by atoms with E-state index in [2.05, 4.69) is 22.1 Å². The van der Waals surface area contributed by atoms with Crippen molar-refractivity contribution in [3.05, 3.63) is 38.0 Å². The molecule has 0 saturated carbocycles. The number of aryl methyl sites for hydroxylation is 1. The number of hydrogen-bond donors (Lipinski definition) is 2. The van der Waals surface area contributed by atoms with E-state index in [1.165, 1.54) is 22.7 Å². The predicted molar refractivity (Wildman–Crippen MR) is 76.3 cm³/mol. The van der Waals surface area contributed by atoms with Crippen LogP contribution in [0.25, 0.3) is 0 Å². The van der Waals surface area contributed by atoms with Gasteiger partial charge in [0.05, 0.1) is 16.3 Å². The summed E-state index contributed by atoms with van der Waals surface area (Å²) in [6, 6.07) is 3.50. The number of thiazole rings is 1. The molecule has 0 unspecified atom stereocenters. The largest absolute Gasteiger partial charge is 0.384 e. The Labute approximate surface area is 119 Å². The van der Waals surface area contributed by atoms with Gasteiger partial charge in [0.25, 0.3) is 5.91 Å². The Morgan fingerprint density at radius 1 is 1.53 bits per heavy atom. The highest BCUT2D eigenvalue weighted by Gasteiger charge is 2.09. The quantitative estimate of drug-likeness (QED) is 0.848. The van der Waals surface area contributed by atoms with E-state index in [4.69, 9.17) is 5.11 Å². The van der Waals surface area contributed by atoms with Crippen molar-refractivity contribution in [2.45, 2.75) is 13.5 Å². The van der Waals surface area contributed by atoms with Crippen molar-refractivity contribution in [2.24, 2.45) is 0 Å². The number of rotatable bonds is 3. The van der Waals surface area contributed by atoms with Crippen molar-refractivity contribution in [2.75, 3.05) is 6.61 Å². The summed E-state index contributed by atoms with van der Waals surface area (Å²) in [6.07, 6.45) is 0. The predicted octanol–water partition coefficient (Wildman–Crippen LogP) is 1.79. The summed E-state index contributed by atoms with van der Waals surface area (Å²) in [6.45, 7) is 2.18. The second kappa shape index (κ2) is 6.48. The summed E-state index contributed by atoms with van der Waals surface area (Å²) in [5.74, 6) is 5.20. The first-order valence-electron chi connectivity index (χ1n) is 5.58. The average Bonchev–Trinajstić information content (AvgIpc) is 3.02. The second-order valence-electron chi connectivity index (χ2n) is 3.69. The molecule has 98 valence electrons. The smallest absolute Gasteiger partial charge is 0.261 e. The van der Waals surface area contributed by atoms with Crippen LogP contribution in [0.1, 0.15) is 25.3 Å². The van der Waals surface area contributed by atoms with Crippen molar-refractivity contribution in [3.63, 3.8) is 0 Å². The molecule has 0 bridgehead atoms. The van der Waals surface area contributed by atoms with Crippen LogP contribution in [-0.4, -0.2) is 22.6 Å². The lowest BCUT2D eigenvalue weighted by molar-refractivity contribution is 0.0955. The number of aliphatic hydroxyl groups excluding tert-OH is 1. The van der Waals surface area contributed by atoms with Gasteiger partial charge in [0.2, 0.25) is 0 Å². The van der Waals surface area contributed by atoms with Gasteiger partial charge in [-0.2, -0.15) is 0 Å². The van der Waals surface area contributed by atoms with Gasteiger partial charge < -0.3 is 10.4 Å². The standard InChI is InChI=1S/C13H12N2O2S2/c1-9-8-18-12(15-9)7-14-13(17)11-5-4-10(19-11)3-2-6-16/h4-5,8,16H,6-7H2,1H3,(H,14,17). The molecule has 1 amide bonds. The Morgan fingerprint density at radius 2 is 2.37 bits per heavy atom. The molecule has 0 fully saturated rings. The summed E-state index contributed by atoms with van der Waals surface area (Å²) in [7, 11) is 0. The summed E-state index contributed by atoms with van der Waals surface area (Å²) in [5, 5.41) is 14.3. The lowest BCUT2D eigenvalue weighted by Gasteiger charge is -1.99. The maximum Gasteiger partial charge on any atom is 0.261 e. The maximum atomic E-state index is 11.9. The van der Waals surface area contributed by atoms with E-state index in [1.54, 1.807) is 12.1 Å². The Kier molecular flexibility index (Phi) is 4.68. The van der Waals surface area contributed by atoms with Gasteiger partial charge in [-0.05, 0) is 19.1 Å². The zero-order valence-corrected chi connectivity index (χ0v) is 11.9. The Morgan fingerprint density at radius 3 is 3.05 bits per heavy atom. The molecular weight excluding hydrogens is 280 g/mol. The van der Waals surface area contributed by atoms with Gasteiger partial charge in [0.1, 0.15) is 11.6 Å². The lowest BCUT2D eigenvalue weighted by atomic mass is 10.4. The number of carbonyl (C=O) groups excluding carboxylic acids is 1. The summed E-state index contributed by atoms with van der Waals surface area (Å²) < 4.78 is 0. The number of hydrogen-bond acceptors (Lipinski definition) is 5. The fourth-order valence-corrected chi connectivity index (χ4v) is 2.89. The number of amides is 1. The molecule has 2 aromatic rings. The van der Waals surface area contributed by atoms with E-state index in [-0.39, 0.29) is 12.5 Å². The first kappa shape index (κ1) is 13.7. The van der Waals surface area contributed by atoms with E-state index in [0.29, 0.717) is 11.4 Å². The lowest BCUT2D eigenvalue weighted by Crippen LogP contribution is -2.21. The molecule has 2 N–H and O–H groups in total. The topological polar surface area (TPSA) is 62.2 Å². The van der Waals surface area contributed by atoms with E-state index in [0.717, 1.165) is 15.6 Å². The van der Waals surface area contributed by atoms with Crippen LogP contribution in [0, 0.1) is 18.8 Å². The minimum atomic E-state index is -0.178. The monoisotopic (exact) mass is 292 g/mol. The molecule has 0 spiro atoms. The molecule has 4 nitrogen and oxygen atoms in total. The van der Waals surface area contributed by atoms with Crippen LogP contribution in [-0.2, 0) is 6.54 Å². The zero-order valence-electron chi connectivity index (χ0n) is 10.3. The molecule has 2 rings (SSSR count). The van der Waals surface area contributed by atoms with Crippen LogP contribution in [0.15, 0.2) is 17.5 Å². The third-order valence-corrected chi connectivity index (χ3v) is 4.15. The fourth-order valence-electron chi connectivity index (χ4n) is 1.38. The van der Waals surface area contributed by atoms with Gasteiger partial charge in [0.15, 0.2) is 0 Å². The Bertz CT molecular complexity index is 634. The van der Waals surface area contributed by atoms with Crippen LogP contribution >= 0.6 is 22.7 Å². The van der Waals surface area contributed by atoms with Crippen LogP contribution in [0.4, 0.5) is 0 Å². The minimum Gasteiger partial charge on any atom is -0.384 e. The van der Waals surface area contributed by atoms with Gasteiger partial charge in [-0.1, -0.05) is 11.8 Å². The first-order chi connectivity index (χ1) is 9.19. The van der Waals surface area contributed by atoms with E-state index < -0.39 is 0 Å². The molecule has 0 saturated heterocycles. The number of aromatic nitrogens is 1. The highest BCUT2D eigenvalue weighted by molar-refractivity contribution is 7.14. The Balaban J connectivity index is 1.94. The number of nitrogens with zero attached hydrogens (tertiary/aromatic N) is 1. The number of thiophene rings is 1. The molecule has 19 heavy (non-hydrogen) atoms. The number of aliphatic hydroxyl groups is 1. The highest BCUT2D eigenvalue weighted by Crippen LogP contribution is 2.15. The molecule has 2 aromatic heterocycles. The second-order valence-corrected chi connectivity index (χ2v) is 5.72. The molecule has 0 aromatic carbocycles. The molecule has 0 aliphatic rings. The van der Waals surface area contributed by atoms with Crippen molar-refractivity contribution in [1.29, 1.82) is 0 Å². The van der Waals surface area contributed by atoms with Crippen LogP contribution < -0.4 is 5.32 Å². The van der Waals surface area contributed by atoms with Gasteiger partial charge in [-0.3, -0.25) is 4.79 Å². The zero-order chi connectivity index (χ0) is 13.7.